The molecule has 0 amide bonds. The van der Waals surface area contributed by atoms with E-state index in [1.807, 2.05) is 12.3 Å². The second kappa shape index (κ2) is 6.19. The highest BCUT2D eigenvalue weighted by molar-refractivity contribution is 7.89. The first-order valence-electron chi connectivity index (χ1n) is 5.81. The maximum Gasteiger partial charge on any atom is 0.240 e. The predicted octanol–water partition coefficient (Wildman–Crippen LogP) is 2.04. The Hall–Kier alpha value is -0.990. The number of hydrogen-bond acceptors (Lipinski definition) is 5. The number of benzene rings is 1. The van der Waals surface area contributed by atoms with E-state index in [4.69, 9.17) is 17.3 Å². The zero-order valence-electron chi connectivity index (χ0n) is 10.8. The molecule has 0 saturated heterocycles. The average molecular weight is 332 g/mol. The van der Waals surface area contributed by atoms with Gasteiger partial charge >= 0.3 is 0 Å². The van der Waals surface area contributed by atoms with Gasteiger partial charge in [0.05, 0.1) is 11.4 Å². The molecule has 0 saturated carbocycles. The van der Waals surface area contributed by atoms with Crippen LogP contribution in [0, 0.1) is 6.92 Å². The van der Waals surface area contributed by atoms with Crippen molar-refractivity contribution in [3.05, 3.63) is 44.9 Å². The molecule has 1 aromatic carbocycles. The van der Waals surface area contributed by atoms with Crippen LogP contribution in [0.25, 0.3) is 0 Å². The molecule has 0 aliphatic heterocycles. The van der Waals surface area contributed by atoms with Crippen molar-refractivity contribution in [2.75, 3.05) is 0 Å². The molecule has 2 aromatic rings. The molecule has 0 bridgehead atoms. The largest absolute Gasteiger partial charge is 0.326 e. The van der Waals surface area contributed by atoms with Gasteiger partial charge < -0.3 is 5.73 Å². The summed E-state index contributed by atoms with van der Waals surface area (Å²) < 4.78 is 26.9. The molecule has 0 unspecified atom stereocenters. The molecule has 0 radical (unpaired) electrons. The van der Waals surface area contributed by atoms with Gasteiger partial charge in [0, 0.05) is 22.6 Å². The number of halogens is 1. The number of nitrogens with one attached hydrogen (secondary N) is 1. The molecular formula is C12H14ClN3O2S2. The van der Waals surface area contributed by atoms with Crippen molar-refractivity contribution in [2.45, 2.75) is 24.9 Å². The molecule has 0 fully saturated rings. The number of nitrogens with zero attached hydrogens (tertiary/aromatic N) is 1. The highest BCUT2D eigenvalue weighted by Crippen LogP contribution is 2.20. The van der Waals surface area contributed by atoms with Crippen molar-refractivity contribution in [2.24, 2.45) is 5.73 Å². The summed E-state index contributed by atoms with van der Waals surface area (Å²) in [6, 6.07) is 4.47. The van der Waals surface area contributed by atoms with Gasteiger partial charge in [0.2, 0.25) is 10.0 Å². The summed E-state index contributed by atoms with van der Waals surface area (Å²) in [6.07, 6.45) is 0. The normalized spacial score (nSPS) is 11.8. The maximum atomic E-state index is 12.2. The van der Waals surface area contributed by atoms with Crippen LogP contribution in [-0.2, 0) is 23.1 Å². The number of aromatic nitrogens is 1. The summed E-state index contributed by atoms with van der Waals surface area (Å²) in [5.74, 6) is 0. The zero-order chi connectivity index (χ0) is 14.8. The molecule has 0 aliphatic carbocycles. The Morgan fingerprint density at radius 3 is 2.80 bits per heavy atom. The Morgan fingerprint density at radius 1 is 1.45 bits per heavy atom. The lowest BCUT2D eigenvalue weighted by molar-refractivity contribution is 0.581. The fraction of sp³-hybridized carbons (Fsp3) is 0.250. The topological polar surface area (TPSA) is 85.1 Å². The summed E-state index contributed by atoms with van der Waals surface area (Å²) in [7, 11) is -3.60. The van der Waals surface area contributed by atoms with E-state index < -0.39 is 10.0 Å². The lowest BCUT2D eigenvalue weighted by Gasteiger charge is -2.08. The third-order valence-corrected chi connectivity index (χ3v) is 5.36. The van der Waals surface area contributed by atoms with E-state index in [9.17, 15) is 8.42 Å². The lowest BCUT2D eigenvalue weighted by atomic mass is 10.2. The first-order valence-corrected chi connectivity index (χ1v) is 8.55. The summed E-state index contributed by atoms with van der Waals surface area (Å²) in [5.41, 5.74) is 7.00. The number of sulfonamides is 1. The number of nitrogens with two attached hydrogens (primary N) is 1. The third kappa shape index (κ3) is 3.56. The molecule has 8 heteroatoms. The van der Waals surface area contributed by atoms with Crippen LogP contribution in [0.15, 0.2) is 28.5 Å². The summed E-state index contributed by atoms with van der Waals surface area (Å²) in [6.45, 7) is 2.22. The molecule has 1 heterocycles. The van der Waals surface area contributed by atoms with Crippen molar-refractivity contribution in [3.63, 3.8) is 0 Å². The van der Waals surface area contributed by atoms with E-state index in [0.29, 0.717) is 10.6 Å². The van der Waals surface area contributed by atoms with Crippen LogP contribution >= 0.6 is 22.9 Å². The van der Waals surface area contributed by atoms with Crippen LogP contribution in [0.5, 0.6) is 0 Å². The van der Waals surface area contributed by atoms with Gasteiger partial charge in [-0.15, -0.1) is 11.3 Å². The average Bonchev–Trinajstić information content (AvgIpc) is 2.83. The minimum atomic E-state index is -3.60. The predicted molar refractivity (Wildman–Crippen MR) is 80.2 cm³/mol. The maximum absolute atomic E-state index is 12.2. The fourth-order valence-corrected chi connectivity index (χ4v) is 3.63. The number of aryl methyl sites for hydroxylation is 1. The summed E-state index contributed by atoms with van der Waals surface area (Å²) >= 11 is 7.33. The van der Waals surface area contributed by atoms with Crippen molar-refractivity contribution in [1.29, 1.82) is 0 Å². The van der Waals surface area contributed by atoms with E-state index in [1.54, 1.807) is 0 Å². The lowest BCUT2D eigenvalue weighted by Crippen LogP contribution is -2.23. The van der Waals surface area contributed by atoms with Crippen LogP contribution in [-0.4, -0.2) is 13.4 Å². The molecule has 1 aromatic heterocycles. The molecule has 0 aliphatic rings. The van der Waals surface area contributed by atoms with Gasteiger partial charge in [-0.25, -0.2) is 18.1 Å². The smallest absolute Gasteiger partial charge is 0.240 e. The molecule has 5 nitrogen and oxygen atoms in total. The Kier molecular flexibility index (Phi) is 4.77. The van der Waals surface area contributed by atoms with E-state index in [-0.39, 0.29) is 18.0 Å². The van der Waals surface area contributed by atoms with Crippen molar-refractivity contribution >= 4 is 33.0 Å². The van der Waals surface area contributed by atoms with Crippen LogP contribution in [0.3, 0.4) is 0 Å². The number of hydrogen-bond donors (Lipinski definition) is 2. The fourth-order valence-electron chi connectivity index (χ4n) is 1.60. The van der Waals surface area contributed by atoms with Gasteiger partial charge in [-0.2, -0.15) is 0 Å². The van der Waals surface area contributed by atoms with E-state index in [0.717, 1.165) is 10.7 Å². The van der Waals surface area contributed by atoms with Crippen molar-refractivity contribution in [1.82, 2.24) is 9.71 Å². The standard InChI is InChI=1S/C12H14ClN3O2S2/c1-8-7-19-12(16-8)6-15-20(17,18)10-2-3-11(13)9(4-10)5-14/h2-4,7,15H,5-6,14H2,1H3. The summed E-state index contributed by atoms with van der Waals surface area (Å²) in [4.78, 5) is 4.35. The van der Waals surface area contributed by atoms with E-state index >= 15 is 0 Å². The van der Waals surface area contributed by atoms with Crippen molar-refractivity contribution in [3.8, 4) is 0 Å². The Labute approximate surface area is 126 Å². The molecule has 2 rings (SSSR count). The van der Waals surface area contributed by atoms with Gasteiger partial charge in [-0.1, -0.05) is 11.6 Å². The second-order valence-electron chi connectivity index (χ2n) is 4.16. The highest BCUT2D eigenvalue weighted by atomic mass is 35.5. The molecular weight excluding hydrogens is 318 g/mol. The van der Waals surface area contributed by atoms with Gasteiger partial charge in [-0.05, 0) is 30.7 Å². The second-order valence-corrected chi connectivity index (χ2v) is 7.28. The Balaban J connectivity index is 2.17. The first-order chi connectivity index (χ1) is 9.42. The summed E-state index contributed by atoms with van der Waals surface area (Å²) in [5, 5.41) is 3.06. The molecule has 20 heavy (non-hydrogen) atoms. The quantitative estimate of drug-likeness (QED) is 0.878. The van der Waals surface area contributed by atoms with Gasteiger partial charge in [0.15, 0.2) is 0 Å². The molecule has 108 valence electrons. The molecule has 0 spiro atoms. The highest BCUT2D eigenvalue weighted by Gasteiger charge is 2.16. The van der Waals surface area contributed by atoms with Crippen LogP contribution in [0.1, 0.15) is 16.3 Å². The van der Waals surface area contributed by atoms with Gasteiger partial charge in [0.25, 0.3) is 0 Å². The van der Waals surface area contributed by atoms with Crippen LogP contribution in [0.4, 0.5) is 0 Å². The Bertz CT molecular complexity index is 713. The first kappa shape index (κ1) is 15.4. The minimum Gasteiger partial charge on any atom is -0.326 e. The van der Waals surface area contributed by atoms with Crippen LogP contribution in [0.2, 0.25) is 5.02 Å². The molecule has 0 atom stereocenters. The van der Waals surface area contributed by atoms with Crippen LogP contribution < -0.4 is 10.5 Å². The van der Waals surface area contributed by atoms with E-state index in [2.05, 4.69) is 9.71 Å². The monoisotopic (exact) mass is 331 g/mol. The van der Waals surface area contributed by atoms with Gasteiger partial charge in [-0.3, -0.25) is 0 Å². The van der Waals surface area contributed by atoms with E-state index in [1.165, 1.54) is 29.5 Å². The Morgan fingerprint density at radius 2 is 2.20 bits per heavy atom. The number of rotatable bonds is 5. The van der Waals surface area contributed by atoms with Gasteiger partial charge in [0.1, 0.15) is 5.01 Å². The zero-order valence-corrected chi connectivity index (χ0v) is 13.1. The number of thiazole rings is 1. The minimum absolute atomic E-state index is 0.149. The molecule has 3 N–H and O–H groups in total. The third-order valence-electron chi connectivity index (χ3n) is 2.63. The SMILES string of the molecule is Cc1csc(CNS(=O)(=O)c2ccc(Cl)c(CN)c2)n1. The van der Waals surface area contributed by atoms with Crippen molar-refractivity contribution < 1.29 is 8.42 Å².